The highest BCUT2D eigenvalue weighted by molar-refractivity contribution is 6.01. The van der Waals surface area contributed by atoms with Gasteiger partial charge in [-0.3, -0.25) is 9.59 Å². The standard InChI is InChI=1S/C14H26O3/c1-7-13(4,5)11(15)10(12(16)17)14(6,8-2)9-3/h10H,7-9H2,1-6H3,(H,16,17). The average molecular weight is 242 g/mol. The molecule has 0 spiro atoms. The van der Waals surface area contributed by atoms with Crippen molar-refractivity contribution in [1.29, 1.82) is 0 Å². The molecule has 0 radical (unpaired) electrons. The fourth-order valence-electron chi connectivity index (χ4n) is 1.95. The van der Waals surface area contributed by atoms with E-state index in [4.69, 9.17) is 0 Å². The number of Topliss-reactive ketones (excluding diaryl/α,β-unsaturated/α-hetero) is 1. The van der Waals surface area contributed by atoms with E-state index in [0.29, 0.717) is 19.3 Å². The van der Waals surface area contributed by atoms with Crippen molar-refractivity contribution in [2.75, 3.05) is 0 Å². The lowest BCUT2D eigenvalue weighted by Gasteiger charge is -2.36. The Labute approximate surface area is 105 Å². The van der Waals surface area contributed by atoms with Gasteiger partial charge in [-0.1, -0.05) is 41.5 Å². The zero-order valence-electron chi connectivity index (χ0n) is 12.0. The Morgan fingerprint density at radius 3 is 1.65 bits per heavy atom. The predicted molar refractivity (Wildman–Crippen MR) is 68.9 cm³/mol. The van der Waals surface area contributed by atoms with Gasteiger partial charge in [-0.2, -0.15) is 0 Å². The van der Waals surface area contributed by atoms with Crippen LogP contribution in [0.25, 0.3) is 0 Å². The van der Waals surface area contributed by atoms with Gasteiger partial charge >= 0.3 is 5.97 Å². The monoisotopic (exact) mass is 242 g/mol. The van der Waals surface area contributed by atoms with Crippen LogP contribution in [0.2, 0.25) is 0 Å². The summed E-state index contributed by atoms with van der Waals surface area (Å²) in [6.07, 6.45) is 2.07. The second kappa shape index (κ2) is 5.65. The van der Waals surface area contributed by atoms with E-state index in [1.807, 2.05) is 41.5 Å². The predicted octanol–water partition coefficient (Wildman–Crippen LogP) is 3.52. The maximum atomic E-state index is 12.4. The molecule has 0 rings (SSSR count). The van der Waals surface area contributed by atoms with Crippen molar-refractivity contribution in [2.45, 2.75) is 60.8 Å². The molecule has 3 nitrogen and oxygen atoms in total. The number of ketones is 1. The number of hydrogen-bond acceptors (Lipinski definition) is 2. The minimum absolute atomic E-state index is 0.140. The number of carboxylic acids is 1. The molecular weight excluding hydrogens is 216 g/mol. The highest BCUT2D eigenvalue weighted by Gasteiger charge is 2.46. The molecule has 1 N–H and O–H groups in total. The van der Waals surface area contributed by atoms with Crippen molar-refractivity contribution in [3.05, 3.63) is 0 Å². The topological polar surface area (TPSA) is 54.4 Å². The summed E-state index contributed by atoms with van der Waals surface area (Å²) >= 11 is 0. The van der Waals surface area contributed by atoms with Crippen LogP contribution in [0, 0.1) is 16.7 Å². The fourth-order valence-corrected chi connectivity index (χ4v) is 1.95. The molecule has 1 unspecified atom stereocenters. The molecule has 0 heterocycles. The van der Waals surface area contributed by atoms with Gasteiger partial charge in [-0.05, 0) is 24.7 Å². The molecule has 0 aliphatic carbocycles. The van der Waals surface area contributed by atoms with Crippen molar-refractivity contribution in [2.24, 2.45) is 16.7 Å². The van der Waals surface area contributed by atoms with Crippen LogP contribution in [0.4, 0.5) is 0 Å². The number of hydrogen-bond donors (Lipinski definition) is 1. The molecule has 0 aliphatic heterocycles. The van der Waals surface area contributed by atoms with Gasteiger partial charge in [-0.25, -0.2) is 0 Å². The van der Waals surface area contributed by atoms with Gasteiger partial charge in [0.25, 0.3) is 0 Å². The molecule has 0 saturated heterocycles. The molecule has 0 saturated carbocycles. The van der Waals surface area contributed by atoms with E-state index in [-0.39, 0.29) is 5.78 Å². The average Bonchev–Trinajstić information content (AvgIpc) is 2.28. The zero-order chi connectivity index (χ0) is 13.9. The molecular formula is C14H26O3. The summed E-state index contributed by atoms with van der Waals surface area (Å²) in [5.41, 5.74) is -1.01. The molecule has 1 atom stereocenters. The maximum absolute atomic E-state index is 12.4. The molecule has 0 aromatic carbocycles. The summed E-state index contributed by atoms with van der Waals surface area (Å²) in [7, 11) is 0. The summed E-state index contributed by atoms with van der Waals surface area (Å²) in [5, 5.41) is 9.38. The highest BCUT2D eigenvalue weighted by Crippen LogP contribution is 2.40. The van der Waals surface area contributed by atoms with E-state index >= 15 is 0 Å². The van der Waals surface area contributed by atoms with Crippen molar-refractivity contribution < 1.29 is 14.7 Å². The summed E-state index contributed by atoms with van der Waals surface area (Å²) in [5.74, 6) is -2.02. The quantitative estimate of drug-likeness (QED) is 0.695. The van der Waals surface area contributed by atoms with Crippen LogP contribution in [-0.4, -0.2) is 16.9 Å². The second-order valence-electron chi connectivity index (χ2n) is 5.73. The van der Waals surface area contributed by atoms with E-state index < -0.39 is 22.7 Å². The lowest BCUT2D eigenvalue weighted by atomic mass is 9.65. The highest BCUT2D eigenvalue weighted by atomic mass is 16.4. The number of carboxylic acid groups (broad SMARTS) is 1. The van der Waals surface area contributed by atoms with E-state index in [9.17, 15) is 14.7 Å². The van der Waals surface area contributed by atoms with E-state index in [1.165, 1.54) is 0 Å². The van der Waals surface area contributed by atoms with Crippen molar-refractivity contribution in [3.63, 3.8) is 0 Å². The number of aliphatic carboxylic acids is 1. The molecule has 0 bridgehead atoms. The van der Waals surface area contributed by atoms with Crippen molar-refractivity contribution in [3.8, 4) is 0 Å². The van der Waals surface area contributed by atoms with Crippen LogP contribution in [0.15, 0.2) is 0 Å². The third-order valence-electron chi connectivity index (χ3n) is 4.37. The van der Waals surface area contributed by atoms with Crippen LogP contribution < -0.4 is 0 Å². The van der Waals surface area contributed by atoms with Crippen molar-refractivity contribution in [1.82, 2.24) is 0 Å². The first-order valence-corrected chi connectivity index (χ1v) is 6.43. The molecule has 3 heteroatoms. The summed E-state index contributed by atoms with van der Waals surface area (Å²) in [6.45, 7) is 11.4. The van der Waals surface area contributed by atoms with Gasteiger partial charge < -0.3 is 5.11 Å². The lowest BCUT2D eigenvalue weighted by molar-refractivity contribution is -0.155. The molecule has 0 fully saturated rings. The maximum Gasteiger partial charge on any atom is 0.314 e. The minimum Gasteiger partial charge on any atom is -0.481 e. The second-order valence-corrected chi connectivity index (χ2v) is 5.73. The minimum atomic E-state index is -0.984. The Balaban J connectivity index is 5.41. The van der Waals surface area contributed by atoms with Gasteiger partial charge in [0, 0.05) is 5.41 Å². The van der Waals surface area contributed by atoms with Crippen LogP contribution in [0.1, 0.15) is 60.8 Å². The Morgan fingerprint density at radius 2 is 1.41 bits per heavy atom. The van der Waals surface area contributed by atoms with E-state index in [0.717, 1.165) is 0 Å². The molecule has 17 heavy (non-hydrogen) atoms. The fraction of sp³-hybridized carbons (Fsp3) is 0.857. The smallest absolute Gasteiger partial charge is 0.314 e. The molecule has 0 aromatic rings. The SMILES string of the molecule is CCC(C)(C)C(=O)C(C(=O)O)C(C)(CC)CC. The van der Waals surface area contributed by atoms with Crippen LogP contribution >= 0.6 is 0 Å². The van der Waals surface area contributed by atoms with Crippen LogP contribution in [0.5, 0.6) is 0 Å². The first kappa shape index (κ1) is 16.1. The third kappa shape index (κ3) is 3.30. The zero-order valence-corrected chi connectivity index (χ0v) is 12.0. The van der Waals surface area contributed by atoms with E-state index in [1.54, 1.807) is 0 Å². The van der Waals surface area contributed by atoms with Gasteiger partial charge in [0.1, 0.15) is 5.92 Å². The largest absolute Gasteiger partial charge is 0.481 e. The molecule has 0 amide bonds. The number of carbonyl (C=O) groups excluding carboxylic acids is 1. The normalized spacial score (nSPS) is 14.5. The summed E-state index contributed by atoms with van der Waals surface area (Å²) in [4.78, 5) is 23.9. The first-order valence-electron chi connectivity index (χ1n) is 6.43. The Morgan fingerprint density at radius 1 is 1.00 bits per heavy atom. The van der Waals surface area contributed by atoms with Gasteiger partial charge in [0.2, 0.25) is 0 Å². The Bertz CT molecular complexity index is 288. The molecule has 0 aromatic heterocycles. The Hall–Kier alpha value is -0.860. The number of carbonyl (C=O) groups is 2. The summed E-state index contributed by atoms with van der Waals surface area (Å²) in [6, 6.07) is 0. The van der Waals surface area contributed by atoms with Crippen LogP contribution in [0.3, 0.4) is 0 Å². The van der Waals surface area contributed by atoms with Gasteiger partial charge in [-0.15, -0.1) is 0 Å². The number of rotatable bonds is 7. The van der Waals surface area contributed by atoms with Crippen LogP contribution in [-0.2, 0) is 9.59 Å². The summed E-state index contributed by atoms with van der Waals surface area (Å²) < 4.78 is 0. The van der Waals surface area contributed by atoms with Gasteiger partial charge in [0.05, 0.1) is 0 Å². The third-order valence-corrected chi connectivity index (χ3v) is 4.37. The Kier molecular flexibility index (Phi) is 5.37. The molecule has 0 aliphatic rings. The van der Waals surface area contributed by atoms with Crippen molar-refractivity contribution >= 4 is 11.8 Å². The lowest BCUT2D eigenvalue weighted by Crippen LogP contribution is -2.44. The first-order chi connectivity index (χ1) is 7.66. The van der Waals surface area contributed by atoms with E-state index in [2.05, 4.69) is 0 Å². The molecule has 100 valence electrons. The van der Waals surface area contributed by atoms with Gasteiger partial charge in [0.15, 0.2) is 5.78 Å².